The van der Waals surface area contributed by atoms with Crippen molar-refractivity contribution in [2.75, 3.05) is 32.7 Å². The number of aryl methyl sites for hydroxylation is 2. The highest BCUT2D eigenvalue weighted by atomic mass is 15.3. The molecule has 0 aliphatic carbocycles. The molecule has 1 aliphatic rings. The highest BCUT2D eigenvalue weighted by Crippen LogP contribution is 2.13. The van der Waals surface area contributed by atoms with Gasteiger partial charge < -0.3 is 5.73 Å². The number of hydrogen-bond donors (Lipinski definition) is 1. The number of nitrogens with zero attached hydrogens (tertiary/aromatic N) is 4. The van der Waals surface area contributed by atoms with E-state index in [1.165, 1.54) is 24.2 Å². The van der Waals surface area contributed by atoms with Crippen molar-refractivity contribution in [2.45, 2.75) is 45.7 Å². The monoisotopic (exact) mass is 293 g/mol. The molecule has 1 aromatic rings. The van der Waals surface area contributed by atoms with Crippen LogP contribution in [-0.2, 0) is 20.0 Å². The van der Waals surface area contributed by atoms with Gasteiger partial charge in [0, 0.05) is 52.4 Å². The van der Waals surface area contributed by atoms with Crippen LogP contribution in [0.3, 0.4) is 0 Å². The lowest BCUT2D eigenvalue weighted by molar-refractivity contribution is 0.0891. The predicted octanol–water partition coefficient (Wildman–Crippen LogP) is 1.23. The second kappa shape index (κ2) is 7.92. The zero-order valence-corrected chi connectivity index (χ0v) is 13.9. The lowest BCUT2D eigenvalue weighted by Crippen LogP contribution is -2.52. The number of hydrogen-bond acceptors (Lipinski definition) is 4. The van der Waals surface area contributed by atoms with Crippen molar-refractivity contribution in [1.29, 1.82) is 0 Å². The third kappa shape index (κ3) is 4.28. The maximum Gasteiger partial charge on any atom is 0.0625 e. The summed E-state index contributed by atoms with van der Waals surface area (Å²) in [7, 11) is 2.05. The number of rotatable bonds is 7. The molecule has 0 radical (unpaired) electrons. The SMILES string of the molecule is CCCC(CN)N1CCN(Cc2cc(CC)nn2C)CC1. The molecular formula is C16H31N5. The summed E-state index contributed by atoms with van der Waals surface area (Å²) in [5.74, 6) is 0. The van der Waals surface area contributed by atoms with Crippen molar-refractivity contribution in [2.24, 2.45) is 12.8 Å². The third-order valence-electron chi connectivity index (χ3n) is 4.59. The molecule has 1 saturated heterocycles. The molecule has 5 heteroatoms. The van der Waals surface area contributed by atoms with Gasteiger partial charge in [-0.25, -0.2) is 0 Å². The Kier molecular flexibility index (Phi) is 6.21. The maximum absolute atomic E-state index is 5.92. The Balaban J connectivity index is 1.84. The summed E-state index contributed by atoms with van der Waals surface area (Å²) in [6, 6.07) is 2.81. The van der Waals surface area contributed by atoms with Gasteiger partial charge in [-0.05, 0) is 18.9 Å². The normalized spacial score (nSPS) is 19.0. The minimum atomic E-state index is 0.570. The first-order valence-corrected chi connectivity index (χ1v) is 8.36. The molecule has 0 aromatic carbocycles. The molecule has 2 N–H and O–H groups in total. The molecule has 0 saturated carbocycles. The minimum Gasteiger partial charge on any atom is -0.329 e. The van der Waals surface area contributed by atoms with E-state index in [1.54, 1.807) is 0 Å². The molecule has 120 valence electrons. The highest BCUT2D eigenvalue weighted by Gasteiger charge is 2.23. The summed E-state index contributed by atoms with van der Waals surface area (Å²) in [6.45, 7) is 10.7. The van der Waals surface area contributed by atoms with Crippen LogP contribution in [0.15, 0.2) is 6.07 Å². The van der Waals surface area contributed by atoms with Crippen LogP contribution < -0.4 is 5.73 Å². The quantitative estimate of drug-likeness (QED) is 0.821. The Hall–Kier alpha value is -0.910. The average molecular weight is 293 g/mol. The van der Waals surface area contributed by atoms with Gasteiger partial charge in [0.05, 0.1) is 11.4 Å². The standard InChI is InChI=1S/C16H31N5/c1-4-6-15(12-17)21-9-7-20(8-10-21)13-16-11-14(5-2)18-19(16)3/h11,15H,4-10,12-13,17H2,1-3H3. The second-order valence-electron chi connectivity index (χ2n) is 6.09. The molecule has 1 aliphatic heterocycles. The number of piperazine rings is 1. The summed E-state index contributed by atoms with van der Waals surface area (Å²) in [6.07, 6.45) is 3.45. The molecule has 1 atom stereocenters. The lowest BCUT2D eigenvalue weighted by atomic mass is 10.1. The largest absolute Gasteiger partial charge is 0.329 e. The van der Waals surface area contributed by atoms with E-state index in [0.29, 0.717) is 6.04 Å². The van der Waals surface area contributed by atoms with Gasteiger partial charge in [-0.2, -0.15) is 5.10 Å². The van der Waals surface area contributed by atoms with Crippen molar-refractivity contribution in [1.82, 2.24) is 19.6 Å². The highest BCUT2D eigenvalue weighted by molar-refractivity contribution is 5.10. The molecule has 5 nitrogen and oxygen atoms in total. The topological polar surface area (TPSA) is 50.3 Å². The van der Waals surface area contributed by atoms with E-state index in [-0.39, 0.29) is 0 Å². The van der Waals surface area contributed by atoms with Crippen LogP contribution in [0.25, 0.3) is 0 Å². The van der Waals surface area contributed by atoms with Crippen LogP contribution in [0, 0.1) is 0 Å². The van der Waals surface area contributed by atoms with Crippen molar-refractivity contribution in [3.8, 4) is 0 Å². The molecule has 2 rings (SSSR count). The zero-order valence-electron chi connectivity index (χ0n) is 13.9. The van der Waals surface area contributed by atoms with Crippen LogP contribution in [-0.4, -0.2) is 58.3 Å². The van der Waals surface area contributed by atoms with Gasteiger partial charge in [-0.15, -0.1) is 0 Å². The molecule has 0 bridgehead atoms. The van der Waals surface area contributed by atoms with Gasteiger partial charge in [-0.1, -0.05) is 20.3 Å². The molecule has 1 fully saturated rings. The maximum atomic E-state index is 5.92. The first kappa shape index (κ1) is 16.5. The Morgan fingerprint density at radius 1 is 1.24 bits per heavy atom. The molecule has 0 amide bonds. The Morgan fingerprint density at radius 3 is 2.48 bits per heavy atom. The Labute approximate surface area is 129 Å². The van der Waals surface area contributed by atoms with E-state index in [0.717, 1.165) is 45.7 Å². The lowest BCUT2D eigenvalue weighted by Gasteiger charge is -2.39. The van der Waals surface area contributed by atoms with E-state index in [4.69, 9.17) is 5.73 Å². The molecule has 1 aromatic heterocycles. The van der Waals surface area contributed by atoms with Crippen LogP contribution in [0.5, 0.6) is 0 Å². The summed E-state index contributed by atoms with van der Waals surface area (Å²) >= 11 is 0. The van der Waals surface area contributed by atoms with Crippen molar-refractivity contribution >= 4 is 0 Å². The first-order chi connectivity index (χ1) is 10.2. The summed E-state index contributed by atoms with van der Waals surface area (Å²) in [4.78, 5) is 5.10. The first-order valence-electron chi connectivity index (χ1n) is 8.36. The van der Waals surface area contributed by atoms with E-state index in [9.17, 15) is 0 Å². The fourth-order valence-corrected chi connectivity index (χ4v) is 3.19. The summed E-state index contributed by atoms with van der Waals surface area (Å²) < 4.78 is 2.03. The van der Waals surface area contributed by atoms with Crippen LogP contribution in [0.2, 0.25) is 0 Å². The molecular weight excluding hydrogens is 262 g/mol. The van der Waals surface area contributed by atoms with Gasteiger partial charge in [0.15, 0.2) is 0 Å². The molecule has 21 heavy (non-hydrogen) atoms. The fraction of sp³-hybridized carbons (Fsp3) is 0.812. The van der Waals surface area contributed by atoms with Gasteiger partial charge >= 0.3 is 0 Å². The smallest absolute Gasteiger partial charge is 0.0625 e. The summed E-state index contributed by atoms with van der Waals surface area (Å²) in [5.41, 5.74) is 8.43. The predicted molar refractivity (Wildman–Crippen MR) is 87.2 cm³/mol. The van der Waals surface area contributed by atoms with Gasteiger partial charge in [-0.3, -0.25) is 14.5 Å². The Bertz CT molecular complexity index is 420. The molecule has 1 unspecified atom stereocenters. The number of aromatic nitrogens is 2. The van der Waals surface area contributed by atoms with Crippen molar-refractivity contribution in [3.63, 3.8) is 0 Å². The van der Waals surface area contributed by atoms with E-state index in [1.807, 2.05) is 4.68 Å². The van der Waals surface area contributed by atoms with Gasteiger partial charge in [0.1, 0.15) is 0 Å². The van der Waals surface area contributed by atoms with Crippen molar-refractivity contribution < 1.29 is 0 Å². The minimum absolute atomic E-state index is 0.570. The fourth-order valence-electron chi connectivity index (χ4n) is 3.19. The van der Waals surface area contributed by atoms with Gasteiger partial charge in [0.25, 0.3) is 0 Å². The average Bonchev–Trinajstić information content (AvgIpc) is 2.86. The van der Waals surface area contributed by atoms with Crippen LogP contribution in [0.1, 0.15) is 38.1 Å². The van der Waals surface area contributed by atoms with Crippen LogP contribution >= 0.6 is 0 Å². The van der Waals surface area contributed by atoms with E-state index in [2.05, 4.69) is 41.9 Å². The third-order valence-corrected chi connectivity index (χ3v) is 4.59. The van der Waals surface area contributed by atoms with Gasteiger partial charge in [0.2, 0.25) is 0 Å². The number of nitrogens with two attached hydrogens (primary N) is 1. The molecule has 0 spiro atoms. The van der Waals surface area contributed by atoms with Crippen LogP contribution in [0.4, 0.5) is 0 Å². The Morgan fingerprint density at radius 2 is 1.95 bits per heavy atom. The van der Waals surface area contributed by atoms with E-state index < -0.39 is 0 Å². The summed E-state index contributed by atoms with van der Waals surface area (Å²) in [5, 5.41) is 4.54. The molecule has 2 heterocycles. The van der Waals surface area contributed by atoms with E-state index >= 15 is 0 Å². The zero-order chi connectivity index (χ0) is 15.2. The van der Waals surface area contributed by atoms with Crippen molar-refractivity contribution in [3.05, 3.63) is 17.5 Å². The second-order valence-corrected chi connectivity index (χ2v) is 6.09.